The van der Waals surface area contributed by atoms with E-state index in [1.807, 2.05) is 0 Å². The van der Waals surface area contributed by atoms with E-state index in [2.05, 4.69) is 12.6 Å². The van der Waals surface area contributed by atoms with Crippen LogP contribution in [-0.4, -0.2) is 62.3 Å². The Hall–Kier alpha value is 0.150. The number of rotatable bonds is 5. The van der Waals surface area contributed by atoms with Crippen LogP contribution >= 0.6 is 12.6 Å². The van der Waals surface area contributed by atoms with Gasteiger partial charge in [0.2, 0.25) is 0 Å². The lowest BCUT2D eigenvalue weighted by atomic mass is 10.1. The highest BCUT2D eigenvalue weighted by molar-refractivity contribution is 7.81. The van der Waals surface area contributed by atoms with Crippen LogP contribution in [0.1, 0.15) is 0 Å². The van der Waals surface area contributed by atoms with Crippen molar-refractivity contribution in [1.29, 1.82) is 0 Å². The summed E-state index contributed by atoms with van der Waals surface area (Å²) in [5.74, 6) is 0. The Morgan fingerprint density at radius 1 is 0.917 bits per heavy atom. The van der Waals surface area contributed by atoms with Gasteiger partial charge in [-0.05, 0) is 0 Å². The Balaban J connectivity index is 3.99. The van der Waals surface area contributed by atoms with Crippen molar-refractivity contribution in [2.75, 3.05) is 13.2 Å². The number of hydrogen-bond donors (Lipinski definition) is 6. The zero-order valence-corrected chi connectivity index (χ0v) is 7.30. The normalized spacial score (nSPS) is 21.5. The predicted molar refractivity (Wildman–Crippen MR) is 45.0 cm³/mol. The zero-order valence-electron chi connectivity index (χ0n) is 6.41. The van der Waals surface area contributed by atoms with Crippen LogP contribution in [0.3, 0.4) is 0 Å². The second-order valence-corrected chi connectivity index (χ2v) is 3.14. The fourth-order valence-corrected chi connectivity index (χ4v) is 0.848. The minimum absolute atomic E-state index is 0.417. The zero-order chi connectivity index (χ0) is 9.72. The lowest BCUT2D eigenvalue weighted by Crippen LogP contribution is -2.45. The minimum atomic E-state index is -1.50. The minimum Gasteiger partial charge on any atom is -0.395 e. The maximum atomic E-state index is 9.13. The van der Waals surface area contributed by atoms with E-state index >= 15 is 0 Å². The molecule has 0 rings (SSSR count). The van der Waals surface area contributed by atoms with E-state index in [-0.39, 0.29) is 0 Å². The van der Waals surface area contributed by atoms with Crippen molar-refractivity contribution in [2.24, 2.45) is 0 Å². The van der Waals surface area contributed by atoms with Crippen LogP contribution in [0.4, 0.5) is 0 Å². The summed E-state index contributed by atoms with van der Waals surface area (Å²) in [4.78, 5) is 0. The van der Waals surface area contributed by atoms with Gasteiger partial charge in [0.15, 0.2) is 0 Å². The van der Waals surface area contributed by atoms with Crippen molar-refractivity contribution in [3.05, 3.63) is 0 Å². The van der Waals surface area contributed by atoms with E-state index in [1.54, 1.807) is 0 Å². The number of hydrogen-bond acceptors (Lipinski definition) is 6. The average molecular weight is 198 g/mol. The molecule has 0 aromatic rings. The first-order chi connectivity index (χ1) is 5.54. The van der Waals surface area contributed by atoms with Crippen LogP contribution in [0.5, 0.6) is 0 Å². The van der Waals surface area contributed by atoms with Crippen molar-refractivity contribution in [3.63, 3.8) is 0 Å². The highest BCUT2D eigenvalue weighted by Crippen LogP contribution is 2.08. The molecular weight excluding hydrogens is 184 g/mol. The summed E-state index contributed by atoms with van der Waals surface area (Å²) >= 11 is 3.74. The molecule has 0 bridgehead atoms. The van der Waals surface area contributed by atoms with Crippen LogP contribution in [0.15, 0.2) is 0 Å². The topological polar surface area (TPSA) is 101 Å². The molecule has 5 N–H and O–H groups in total. The first-order valence-electron chi connectivity index (χ1n) is 3.48. The Labute approximate surface area is 75.7 Å². The Morgan fingerprint density at radius 3 is 1.75 bits per heavy atom. The highest BCUT2D eigenvalue weighted by Gasteiger charge is 2.28. The van der Waals surface area contributed by atoms with Gasteiger partial charge >= 0.3 is 0 Å². The molecule has 0 aliphatic rings. The van der Waals surface area contributed by atoms with E-state index in [4.69, 9.17) is 25.5 Å². The van der Waals surface area contributed by atoms with Crippen molar-refractivity contribution >= 4 is 12.6 Å². The molecule has 4 atom stereocenters. The molecule has 0 saturated carbocycles. The highest BCUT2D eigenvalue weighted by atomic mass is 32.1. The van der Waals surface area contributed by atoms with Crippen LogP contribution in [0.2, 0.25) is 0 Å². The van der Waals surface area contributed by atoms with Gasteiger partial charge in [-0.2, -0.15) is 12.6 Å². The van der Waals surface area contributed by atoms with Gasteiger partial charge in [-0.3, -0.25) is 0 Å². The SMILES string of the molecule is OC[C@@H](O)[C@@H](O)[C@@H](O)[C@@H](S)CO. The van der Waals surface area contributed by atoms with Gasteiger partial charge in [0.1, 0.15) is 12.2 Å². The fraction of sp³-hybridized carbons (Fsp3) is 1.00. The molecule has 0 unspecified atom stereocenters. The number of aliphatic hydroxyl groups is 5. The standard InChI is InChI=1S/C6H14O5S/c7-1-3(9)5(10)6(11)4(12)2-8/h3-12H,1-2H2/t3-,4+,5-,6+/m1/s1. The third kappa shape index (κ3) is 3.26. The van der Waals surface area contributed by atoms with Gasteiger partial charge in [-0.15, -0.1) is 0 Å². The molecule has 0 fully saturated rings. The molecule has 0 aliphatic heterocycles. The molecule has 0 saturated heterocycles. The van der Waals surface area contributed by atoms with Crippen LogP contribution < -0.4 is 0 Å². The Bertz CT molecular complexity index is 109. The second-order valence-electron chi connectivity index (χ2n) is 2.48. The maximum absolute atomic E-state index is 9.13. The van der Waals surface area contributed by atoms with E-state index < -0.39 is 36.8 Å². The van der Waals surface area contributed by atoms with Gasteiger partial charge in [0, 0.05) is 0 Å². The first kappa shape index (κ1) is 12.2. The summed E-state index contributed by atoms with van der Waals surface area (Å²) in [6, 6.07) is 0. The molecule has 0 heterocycles. The van der Waals surface area contributed by atoms with Gasteiger partial charge < -0.3 is 25.5 Å². The largest absolute Gasteiger partial charge is 0.395 e. The Kier molecular flexibility index (Phi) is 5.81. The van der Waals surface area contributed by atoms with Gasteiger partial charge in [-0.25, -0.2) is 0 Å². The summed E-state index contributed by atoms with van der Waals surface area (Å²) in [6.07, 6.45) is -4.27. The van der Waals surface area contributed by atoms with Crippen molar-refractivity contribution in [1.82, 2.24) is 0 Å². The summed E-state index contributed by atoms with van der Waals surface area (Å²) in [6.45, 7) is -1.07. The van der Waals surface area contributed by atoms with E-state index in [0.717, 1.165) is 0 Å². The summed E-state index contributed by atoms with van der Waals surface area (Å²) < 4.78 is 0. The first-order valence-corrected chi connectivity index (χ1v) is 4.00. The summed E-state index contributed by atoms with van der Waals surface area (Å²) in [5.41, 5.74) is 0. The quantitative estimate of drug-likeness (QED) is 0.271. The summed E-state index contributed by atoms with van der Waals surface area (Å²) in [5, 5.41) is 43.1. The summed E-state index contributed by atoms with van der Waals surface area (Å²) in [7, 11) is 0. The lowest BCUT2D eigenvalue weighted by Gasteiger charge is -2.24. The fourth-order valence-electron chi connectivity index (χ4n) is 0.671. The van der Waals surface area contributed by atoms with E-state index in [9.17, 15) is 0 Å². The number of aliphatic hydroxyl groups excluding tert-OH is 5. The lowest BCUT2D eigenvalue weighted by molar-refractivity contribution is -0.0789. The maximum Gasteiger partial charge on any atom is 0.109 e. The molecule has 0 aromatic carbocycles. The van der Waals surface area contributed by atoms with Crippen LogP contribution in [0, 0.1) is 0 Å². The molecule has 0 amide bonds. The van der Waals surface area contributed by atoms with Crippen molar-refractivity contribution in [2.45, 2.75) is 23.6 Å². The van der Waals surface area contributed by atoms with Crippen molar-refractivity contribution in [3.8, 4) is 0 Å². The molecule has 0 aliphatic carbocycles. The molecule has 74 valence electrons. The van der Waals surface area contributed by atoms with Crippen molar-refractivity contribution < 1.29 is 25.5 Å². The van der Waals surface area contributed by atoms with Gasteiger partial charge in [0.25, 0.3) is 0 Å². The average Bonchev–Trinajstić information content (AvgIpc) is 2.12. The third-order valence-corrected chi connectivity index (χ3v) is 1.98. The van der Waals surface area contributed by atoms with E-state index in [1.165, 1.54) is 0 Å². The molecule has 0 aromatic heterocycles. The predicted octanol–water partition coefficient (Wildman–Crippen LogP) is -2.65. The van der Waals surface area contributed by atoms with Crippen LogP contribution in [0.25, 0.3) is 0 Å². The van der Waals surface area contributed by atoms with Crippen LogP contribution in [-0.2, 0) is 0 Å². The second kappa shape index (κ2) is 5.74. The molecule has 0 radical (unpaired) electrons. The van der Waals surface area contributed by atoms with Gasteiger partial charge in [0.05, 0.1) is 24.6 Å². The smallest absolute Gasteiger partial charge is 0.109 e. The molecule has 5 nitrogen and oxygen atoms in total. The van der Waals surface area contributed by atoms with E-state index in [0.29, 0.717) is 0 Å². The van der Waals surface area contributed by atoms with Gasteiger partial charge in [-0.1, -0.05) is 0 Å². The molecule has 6 heteroatoms. The molecule has 12 heavy (non-hydrogen) atoms. The third-order valence-electron chi connectivity index (χ3n) is 1.51. The number of thiol groups is 1. The monoisotopic (exact) mass is 198 g/mol. The Morgan fingerprint density at radius 2 is 1.42 bits per heavy atom. The molecular formula is C6H14O5S. The molecule has 0 spiro atoms.